The summed E-state index contributed by atoms with van der Waals surface area (Å²) < 4.78 is 38.5. The molecule has 0 unspecified atom stereocenters. The van der Waals surface area contributed by atoms with E-state index >= 15 is 0 Å². The molecule has 0 amide bonds. The first kappa shape index (κ1) is 10.9. The fourth-order valence-electron chi connectivity index (χ4n) is 1.17. The van der Waals surface area contributed by atoms with Gasteiger partial charge in [-0.05, 0) is 24.3 Å². The molecular weight excluding hydrogens is 241 g/mol. The first-order valence-corrected chi connectivity index (χ1v) is 4.60. The molecule has 0 aliphatic carbocycles. The number of nitrogens with zero attached hydrogens (tertiary/aromatic N) is 2. The predicted molar refractivity (Wildman–Crippen MR) is 52.4 cm³/mol. The molecule has 2 aromatic rings. The molecule has 0 spiro atoms. The molecule has 0 saturated carbocycles. The minimum atomic E-state index is -1.51. The smallest absolute Gasteiger partial charge is 0.194 e. The molecule has 2 nitrogen and oxygen atoms in total. The number of hydrogen-bond donors (Lipinski definition) is 0. The molecule has 0 aliphatic rings. The van der Waals surface area contributed by atoms with Gasteiger partial charge in [-0.15, -0.1) is 10.2 Å². The second kappa shape index (κ2) is 4.09. The van der Waals surface area contributed by atoms with Crippen LogP contribution in [0.1, 0.15) is 0 Å². The zero-order chi connectivity index (χ0) is 11.7. The Kier molecular flexibility index (Phi) is 2.78. The van der Waals surface area contributed by atoms with Crippen molar-refractivity contribution in [2.45, 2.75) is 0 Å². The van der Waals surface area contributed by atoms with Crippen LogP contribution in [-0.4, -0.2) is 10.2 Å². The maximum atomic E-state index is 12.9. The molecule has 0 bridgehead atoms. The molecule has 0 radical (unpaired) electrons. The van der Waals surface area contributed by atoms with Gasteiger partial charge in [0.2, 0.25) is 0 Å². The molecule has 0 fully saturated rings. The Bertz CT molecular complexity index is 505. The summed E-state index contributed by atoms with van der Waals surface area (Å²) in [6.45, 7) is 0. The summed E-state index contributed by atoms with van der Waals surface area (Å²) in [5.41, 5.74) is 0.308. The van der Waals surface area contributed by atoms with Gasteiger partial charge in [-0.25, -0.2) is 13.2 Å². The van der Waals surface area contributed by atoms with Crippen LogP contribution in [0.5, 0.6) is 0 Å². The fourth-order valence-corrected chi connectivity index (χ4v) is 1.27. The third kappa shape index (κ3) is 1.99. The minimum absolute atomic E-state index is 0.0977. The second-order valence-electron chi connectivity index (χ2n) is 3.00. The number of hydrogen-bond acceptors (Lipinski definition) is 2. The van der Waals surface area contributed by atoms with E-state index in [1.807, 2.05) is 0 Å². The van der Waals surface area contributed by atoms with E-state index in [0.29, 0.717) is 0 Å². The topological polar surface area (TPSA) is 25.8 Å². The highest BCUT2D eigenvalue weighted by atomic mass is 35.5. The van der Waals surface area contributed by atoms with Gasteiger partial charge in [0.05, 0.1) is 5.69 Å². The van der Waals surface area contributed by atoms with E-state index in [2.05, 4.69) is 10.2 Å². The Morgan fingerprint density at radius 2 is 1.56 bits per heavy atom. The summed E-state index contributed by atoms with van der Waals surface area (Å²) in [6.07, 6.45) is 0. The SMILES string of the molecule is Fc1cc(-c2ccc(Cl)nn2)cc(F)c1F. The Morgan fingerprint density at radius 3 is 2.06 bits per heavy atom. The van der Waals surface area contributed by atoms with Crippen LogP contribution in [0.3, 0.4) is 0 Å². The van der Waals surface area contributed by atoms with Gasteiger partial charge in [0.15, 0.2) is 22.6 Å². The van der Waals surface area contributed by atoms with Crippen molar-refractivity contribution in [2.75, 3.05) is 0 Å². The molecule has 1 heterocycles. The highest BCUT2D eigenvalue weighted by Gasteiger charge is 2.12. The van der Waals surface area contributed by atoms with Gasteiger partial charge < -0.3 is 0 Å². The molecule has 0 saturated heterocycles. The largest absolute Gasteiger partial charge is 0.204 e. The van der Waals surface area contributed by atoms with Crippen molar-refractivity contribution < 1.29 is 13.2 Å². The van der Waals surface area contributed by atoms with Crippen LogP contribution in [0.2, 0.25) is 5.15 Å². The van der Waals surface area contributed by atoms with Gasteiger partial charge in [-0.2, -0.15) is 0 Å². The standard InChI is InChI=1S/C10H4ClF3N2/c11-9-2-1-8(15-16-9)5-3-6(12)10(14)7(13)4-5/h1-4H. The molecule has 16 heavy (non-hydrogen) atoms. The third-order valence-electron chi connectivity index (χ3n) is 1.91. The molecule has 82 valence electrons. The van der Waals surface area contributed by atoms with Gasteiger partial charge in [0.25, 0.3) is 0 Å². The molecule has 0 N–H and O–H groups in total. The lowest BCUT2D eigenvalue weighted by Crippen LogP contribution is -1.94. The summed E-state index contributed by atoms with van der Waals surface area (Å²) in [4.78, 5) is 0. The highest BCUT2D eigenvalue weighted by molar-refractivity contribution is 6.29. The summed E-state index contributed by atoms with van der Waals surface area (Å²) in [6, 6.07) is 4.54. The Labute approximate surface area is 93.7 Å². The lowest BCUT2D eigenvalue weighted by atomic mass is 10.1. The van der Waals surface area contributed by atoms with E-state index in [1.54, 1.807) is 0 Å². The maximum absolute atomic E-state index is 12.9. The number of halogens is 4. The zero-order valence-corrected chi connectivity index (χ0v) is 8.47. The molecule has 1 aromatic carbocycles. The van der Waals surface area contributed by atoms with Crippen molar-refractivity contribution in [3.05, 3.63) is 46.9 Å². The van der Waals surface area contributed by atoms with E-state index < -0.39 is 17.5 Å². The number of rotatable bonds is 1. The zero-order valence-electron chi connectivity index (χ0n) is 7.72. The molecule has 6 heteroatoms. The summed E-state index contributed by atoms with van der Waals surface area (Å²) in [7, 11) is 0. The Balaban J connectivity index is 2.52. The van der Waals surface area contributed by atoms with Crippen LogP contribution in [0.4, 0.5) is 13.2 Å². The average molecular weight is 245 g/mol. The second-order valence-corrected chi connectivity index (χ2v) is 3.38. The third-order valence-corrected chi connectivity index (χ3v) is 2.11. The maximum Gasteiger partial charge on any atom is 0.194 e. The van der Waals surface area contributed by atoms with Crippen molar-refractivity contribution in [2.24, 2.45) is 0 Å². The molecule has 0 aliphatic heterocycles. The molecular formula is C10H4ClF3N2. The first-order valence-electron chi connectivity index (χ1n) is 4.22. The minimum Gasteiger partial charge on any atom is -0.204 e. The lowest BCUT2D eigenvalue weighted by molar-refractivity contribution is 0.447. The van der Waals surface area contributed by atoms with E-state index in [0.717, 1.165) is 12.1 Å². The number of aromatic nitrogens is 2. The van der Waals surface area contributed by atoms with Crippen molar-refractivity contribution in [1.29, 1.82) is 0 Å². The van der Waals surface area contributed by atoms with E-state index in [4.69, 9.17) is 11.6 Å². The van der Waals surface area contributed by atoms with Crippen LogP contribution < -0.4 is 0 Å². The van der Waals surface area contributed by atoms with Gasteiger partial charge in [0, 0.05) is 5.56 Å². The molecule has 2 rings (SSSR count). The Morgan fingerprint density at radius 1 is 0.938 bits per heavy atom. The normalized spacial score (nSPS) is 10.5. The number of benzene rings is 1. The summed E-state index contributed by atoms with van der Waals surface area (Å²) in [5, 5.41) is 7.30. The summed E-state index contributed by atoms with van der Waals surface area (Å²) in [5.74, 6) is -4.05. The molecule has 1 aromatic heterocycles. The fraction of sp³-hybridized carbons (Fsp3) is 0. The lowest BCUT2D eigenvalue weighted by Gasteiger charge is -2.01. The van der Waals surface area contributed by atoms with Crippen molar-refractivity contribution in [1.82, 2.24) is 10.2 Å². The van der Waals surface area contributed by atoms with E-state index in [9.17, 15) is 13.2 Å². The van der Waals surface area contributed by atoms with Crippen LogP contribution in [0.15, 0.2) is 24.3 Å². The Hall–Kier alpha value is -1.62. The van der Waals surface area contributed by atoms with Gasteiger partial charge in [-0.1, -0.05) is 11.6 Å². The van der Waals surface area contributed by atoms with Crippen LogP contribution in [-0.2, 0) is 0 Å². The van der Waals surface area contributed by atoms with Gasteiger partial charge in [-0.3, -0.25) is 0 Å². The first-order chi connectivity index (χ1) is 7.58. The van der Waals surface area contributed by atoms with Gasteiger partial charge in [0.1, 0.15) is 0 Å². The van der Waals surface area contributed by atoms with Crippen LogP contribution in [0.25, 0.3) is 11.3 Å². The van der Waals surface area contributed by atoms with Crippen LogP contribution in [0, 0.1) is 17.5 Å². The highest BCUT2D eigenvalue weighted by Crippen LogP contribution is 2.22. The molecule has 0 atom stereocenters. The monoisotopic (exact) mass is 244 g/mol. The van der Waals surface area contributed by atoms with E-state index in [1.165, 1.54) is 12.1 Å². The van der Waals surface area contributed by atoms with E-state index in [-0.39, 0.29) is 16.4 Å². The summed E-state index contributed by atoms with van der Waals surface area (Å²) >= 11 is 5.51. The van der Waals surface area contributed by atoms with Gasteiger partial charge >= 0.3 is 0 Å². The predicted octanol–water partition coefficient (Wildman–Crippen LogP) is 3.21. The quantitative estimate of drug-likeness (QED) is 0.720. The van der Waals surface area contributed by atoms with Crippen LogP contribution >= 0.6 is 11.6 Å². The van der Waals surface area contributed by atoms with Crippen molar-refractivity contribution in [3.8, 4) is 11.3 Å². The average Bonchev–Trinajstić information content (AvgIpc) is 2.26. The van der Waals surface area contributed by atoms with Crippen molar-refractivity contribution >= 4 is 11.6 Å². The van der Waals surface area contributed by atoms with Crippen molar-refractivity contribution in [3.63, 3.8) is 0 Å².